The number of rotatable bonds is 4. The van der Waals surface area contributed by atoms with Crippen LogP contribution in [0.25, 0.3) is 9.40 Å². The van der Waals surface area contributed by atoms with E-state index in [1.54, 1.807) is 6.07 Å². The molecule has 0 bridgehead atoms. The van der Waals surface area contributed by atoms with Crippen molar-refractivity contribution in [3.8, 4) is 0 Å². The number of fused-ring (bicyclic) bond motifs is 1. The zero-order valence-corrected chi connectivity index (χ0v) is 12.9. The van der Waals surface area contributed by atoms with Gasteiger partial charge in [-0.15, -0.1) is 22.7 Å². The van der Waals surface area contributed by atoms with E-state index >= 15 is 0 Å². The summed E-state index contributed by atoms with van der Waals surface area (Å²) in [5.74, 6) is -1.49. The average Bonchev–Trinajstić information content (AvgIpc) is 2.85. The normalized spacial score (nSPS) is 16.8. The van der Waals surface area contributed by atoms with E-state index in [4.69, 9.17) is 10.2 Å². The number of sulfonamides is 1. The summed E-state index contributed by atoms with van der Waals surface area (Å²) < 4.78 is 23.2. The minimum Gasteiger partial charge on any atom is -0.480 e. The summed E-state index contributed by atoms with van der Waals surface area (Å²) in [7, 11) is -3.75. The first-order valence-electron chi connectivity index (χ1n) is 5.83. The van der Waals surface area contributed by atoms with Gasteiger partial charge in [-0.1, -0.05) is 0 Å². The number of nitrogens with two attached hydrogens (primary N) is 1. The molecule has 7 nitrogen and oxygen atoms in total. The molecular formula is C11H10N2O5S3. The molecule has 21 heavy (non-hydrogen) atoms. The number of nitrogens with one attached hydrogen (secondary N) is 1. The number of hydrogen-bond acceptors (Lipinski definition) is 6. The lowest BCUT2D eigenvalue weighted by Crippen LogP contribution is -2.42. The van der Waals surface area contributed by atoms with E-state index in [2.05, 4.69) is 5.32 Å². The van der Waals surface area contributed by atoms with Crippen LogP contribution in [-0.2, 0) is 14.8 Å². The van der Waals surface area contributed by atoms with E-state index < -0.39 is 27.4 Å². The minimum absolute atomic E-state index is 0.0416. The molecule has 2 aromatic rings. The Hall–Kier alpha value is -1.49. The second-order valence-corrected chi connectivity index (χ2v) is 8.96. The van der Waals surface area contributed by atoms with Gasteiger partial charge in [0.2, 0.25) is 10.0 Å². The van der Waals surface area contributed by atoms with E-state index in [1.165, 1.54) is 6.07 Å². The highest BCUT2D eigenvalue weighted by atomic mass is 32.2. The zero-order valence-electron chi connectivity index (χ0n) is 10.5. The van der Waals surface area contributed by atoms with Gasteiger partial charge in [-0.25, -0.2) is 18.4 Å². The van der Waals surface area contributed by atoms with Crippen molar-refractivity contribution in [2.24, 2.45) is 5.14 Å². The van der Waals surface area contributed by atoms with Gasteiger partial charge in [0.25, 0.3) is 5.91 Å². The number of primary sulfonamides is 1. The van der Waals surface area contributed by atoms with Crippen LogP contribution in [0.4, 0.5) is 0 Å². The summed E-state index contributed by atoms with van der Waals surface area (Å²) in [4.78, 5) is 23.4. The van der Waals surface area contributed by atoms with Gasteiger partial charge in [0, 0.05) is 5.39 Å². The molecule has 3 rings (SSSR count). The van der Waals surface area contributed by atoms with Crippen molar-refractivity contribution >= 4 is 54.0 Å². The van der Waals surface area contributed by atoms with E-state index in [0.717, 1.165) is 22.7 Å². The molecule has 0 aliphatic heterocycles. The predicted octanol–water partition coefficient (Wildman–Crippen LogP) is 0.957. The first kappa shape index (κ1) is 14.4. The van der Waals surface area contributed by atoms with Crippen molar-refractivity contribution in [3.05, 3.63) is 17.0 Å². The fourth-order valence-corrected chi connectivity index (χ4v) is 5.10. The Labute approximate surface area is 127 Å². The van der Waals surface area contributed by atoms with Crippen LogP contribution in [0.15, 0.2) is 16.3 Å². The lowest BCUT2D eigenvalue weighted by molar-refractivity contribution is -0.140. The number of thiophene rings is 2. The molecule has 1 aliphatic carbocycles. The molecule has 0 saturated heterocycles. The van der Waals surface area contributed by atoms with Crippen molar-refractivity contribution in [2.75, 3.05) is 0 Å². The number of carboxylic acids is 1. The number of carbonyl (C=O) groups excluding carboxylic acids is 1. The smallest absolute Gasteiger partial charge is 0.329 e. The van der Waals surface area contributed by atoms with Gasteiger partial charge in [-0.2, -0.15) is 0 Å². The molecule has 4 N–H and O–H groups in total. The van der Waals surface area contributed by atoms with Crippen LogP contribution in [0.3, 0.4) is 0 Å². The molecule has 0 unspecified atom stereocenters. The summed E-state index contributed by atoms with van der Waals surface area (Å²) in [6, 6.07) is 2.95. The van der Waals surface area contributed by atoms with Gasteiger partial charge in [-0.3, -0.25) is 4.79 Å². The van der Waals surface area contributed by atoms with Crippen LogP contribution >= 0.6 is 22.7 Å². The third kappa shape index (κ3) is 2.55. The Morgan fingerprint density at radius 2 is 1.95 bits per heavy atom. The fourth-order valence-electron chi connectivity index (χ4n) is 1.86. The van der Waals surface area contributed by atoms with Crippen LogP contribution in [0.5, 0.6) is 0 Å². The molecule has 1 aliphatic rings. The van der Waals surface area contributed by atoms with Crippen molar-refractivity contribution in [3.63, 3.8) is 0 Å². The first-order chi connectivity index (χ1) is 9.71. The van der Waals surface area contributed by atoms with Crippen molar-refractivity contribution in [1.82, 2.24) is 5.32 Å². The third-order valence-corrected chi connectivity index (χ3v) is 7.02. The third-order valence-electron chi connectivity index (χ3n) is 3.21. The molecule has 0 aromatic carbocycles. The molecule has 1 fully saturated rings. The second-order valence-electron chi connectivity index (χ2n) is 4.81. The van der Waals surface area contributed by atoms with Crippen LogP contribution < -0.4 is 10.5 Å². The highest BCUT2D eigenvalue weighted by Gasteiger charge is 2.51. The Kier molecular flexibility index (Phi) is 3.10. The molecule has 2 aromatic heterocycles. The number of aliphatic carboxylic acids is 1. The van der Waals surface area contributed by atoms with Gasteiger partial charge in [0.1, 0.15) is 9.75 Å². The predicted molar refractivity (Wildman–Crippen MR) is 78.1 cm³/mol. The Morgan fingerprint density at radius 3 is 2.43 bits per heavy atom. The molecule has 0 atom stereocenters. The summed E-state index contributed by atoms with van der Waals surface area (Å²) in [6.07, 6.45) is 0.840. The molecule has 1 amide bonds. The van der Waals surface area contributed by atoms with Crippen LogP contribution in [-0.4, -0.2) is 30.9 Å². The number of amides is 1. The van der Waals surface area contributed by atoms with Crippen LogP contribution in [0.2, 0.25) is 0 Å². The van der Waals surface area contributed by atoms with Gasteiger partial charge in [-0.05, 0) is 25.0 Å². The van der Waals surface area contributed by atoms with E-state index in [1.807, 2.05) is 0 Å². The number of carbonyl (C=O) groups is 2. The topological polar surface area (TPSA) is 127 Å². The van der Waals surface area contributed by atoms with Gasteiger partial charge in [0.05, 0.1) is 8.89 Å². The molecular weight excluding hydrogens is 336 g/mol. The van der Waals surface area contributed by atoms with Crippen LogP contribution in [0.1, 0.15) is 22.5 Å². The monoisotopic (exact) mass is 346 g/mol. The van der Waals surface area contributed by atoms with Crippen molar-refractivity contribution < 1.29 is 23.1 Å². The highest BCUT2D eigenvalue weighted by Crippen LogP contribution is 2.38. The minimum atomic E-state index is -3.75. The van der Waals surface area contributed by atoms with E-state index in [-0.39, 0.29) is 4.21 Å². The Balaban J connectivity index is 1.87. The zero-order chi connectivity index (χ0) is 15.4. The fraction of sp³-hybridized carbons (Fsp3) is 0.273. The SMILES string of the molecule is NS(=O)(=O)c1cc2cc(C(=O)NC3(C(=O)O)CC3)sc2s1. The number of carboxylic acid groups (broad SMARTS) is 1. The van der Waals surface area contributed by atoms with E-state index in [9.17, 15) is 18.0 Å². The van der Waals surface area contributed by atoms with Crippen LogP contribution in [0, 0.1) is 0 Å². The Morgan fingerprint density at radius 1 is 1.29 bits per heavy atom. The molecule has 112 valence electrons. The number of hydrogen-bond donors (Lipinski definition) is 3. The summed E-state index contributed by atoms with van der Waals surface area (Å²) in [6.45, 7) is 0. The summed E-state index contributed by atoms with van der Waals surface area (Å²) >= 11 is 2.11. The average molecular weight is 346 g/mol. The lowest BCUT2D eigenvalue weighted by atomic mass is 10.2. The van der Waals surface area contributed by atoms with Crippen molar-refractivity contribution in [2.45, 2.75) is 22.6 Å². The maximum absolute atomic E-state index is 12.1. The maximum Gasteiger partial charge on any atom is 0.329 e. The lowest BCUT2D eigenvalue weighted by Gasteiger charge is -2.10. The standard InChI is InChI=1S/C11H10N2O5S3/c12-21(17,18)7-4-5-3-6(19-9(5)20-7)8(14)13-11(1-2-11)10(15)16/h3-4H,1-2H2,(H,13,14)(H,15,16)(H2,12,17,18). The maximum atomic E-state index is 12.1. The first-order valence-corrected chi connectivity index (χ1v) is 9.01. The van der Waals surface area contributed by atoms with Crippen molar-refractivity contribution in [1.29, 1.82) is 0 Å². The van der Waals surface area contributed by atoms with Gasteiger partial charge < -0.3 is 10.4 Å². The molecule has 0 radical (unpaired) electrons. The Bertz CT molecular complexity index is 828. The molecule has 10 heteroatoms. The molecule has 0 spiro atoms. The highest BCUT2D eigenvalue weighted by molar-refractivity contribution is 7.91. The van der Waals surface area contributed by atoms with Gasteiger partial charge in [0.15, 0.2) is 0 Å². The molecule has 1 saturated carbocycles. The molecule has 2 heterocycles. The quantitative estimate of drug-likeness (QED) is 0.760. The summed E-state index contributed by atoms with van der Waals surface area (Å²) in [5, 5.41) is 17.2. The largest absolute Gasteiger partial charge is 0.480 e. The second kappa shape index (κ2) is 4.50. The van der Waals surface area contributed by atoms with E-state index in [0.29, 0.717) is 27.1 Å². The summed E-state index contributed by atoms with van der Waals surface area (Å²) in [5.41, 5.74) is -1.14. The van der Waals surface area contributed by atoms with Gasteiger partial charge >= 0.3 is 5.97 Å².